The molecule has 0 saturated carbocycles. The summed E-state index contributed by atoms with van der Waals surface area (Å²) in [5, 5.41) is 19.2. The molecular weight excluding hydrogens is 395 g/mol. The van der Waals surface area contributed by atoms with E-state index in [2.05, 4.69) is 6.07 Å². The van der Waals surface area contributed by atoms with Gasteiger partial charge in [0.15, 0.2) is 11.4 Å². The molecular formula is C22H22F3N3O2. The van der Waals surface area contributed by atoms with Crippen molar-refractivity contribution >= 4 is 5.78 Å². The summed E-state index contributed by atoms with van der Waals surface area (Å²) in [5.74, 6) is -0.258. The Morgan fingerprint density at radius 2 is 1.93 bits per heavy atom. The van der Waals surface area contributed by atoms with E-state index in [4.69, 9.17) is 5.26 Å². The predicted molar refractivity (Wildman–Crippen MR) is 103 cm³/mol. The highest BCUT2D eigenvalue weighted by molar-refractivity contribution is 5.99. The maximum absolute atomic E-state index is 13.4. The highest BCUT2D eigenvalue weighted by Crippen LogP contribution is 2.51. The lowest BCUT2D eigenvalue weighted by atomic mass is 9.84. The molecule has 2 aliphatic rings. The smallest absolute Gasteiger partial charge is 0.379 e. The van der Waals surface area contributed by atoms with Crippen LogP contribution in [0.15, 0.2) is 30.3 Å². The molecule has 8 heteroatoms. The molecule has 4 rings (SSSR count). The Bertz CT molecular complexity index is 1040. The van der Waals surface area contributed by atoms with E-state index in [1.54, 1.807) is 37.3 Å². The highest BCUT2D eigenvalue weighted by Gasteiger charge is 2.67. The van der Waals surface area contributed by atoms with Crippen molar-refractivity contribution in [3.8, 4) is 11.8 Å². The first-order chi connectivity index (χ1) is 14.1. The van der Waals surface area contributed by atoms with Crippen LogP contribution in [0, 0.1) is 25.2 Å². The second-order valence-corrected chi connectivity index (χ2v) is 8.25. The monoisotopic (exact) mass is 417 g/mol. The van der Waals surface area contributed by atoms with Crippen molar-refractivity contribution in [1.82, 2.24) is 9.47 Å². The van der Waals surface area contributed by atoms with Gasteiger partial charge >= 0.3 is 6.18 Å². The van der Waals surface area contributed by atoms with Crippen LogP contribution in [0.2, 0.25) is 0 Å². The zero-order chi connectivity index (χ0) is 21.8. The lowest BCUT2D eigenvalue weighted by molar-refractivity contribution is -0.268. The summed E-state index contributed by atoms with van der Waals surface area (Å²) in [6.07, 6.45) is -4.29. The minimum absolute atomic E-state index is 0.147. The van der Waals surface area contributed by atoms with Crippen LogP contribution in [0.1, 0.15) is 46.6 Å². The first-order valence-corrected chi connectivity index (χ1v) is 9.84. The van der Waals surface area contributed by atoms with Gasteiger partial charge in [0.1, 0.15) is 0 Å². The first-order valence-electron chi connectivity index (χ1n) is 9.84. The normalized spacial score (nSPS) is 26.2. The SMILES string of the molecule is Cc1cc(C(=O)CN2C3CCC2[C@](O)(C(F)(F)F)C3)c(C)n1-c1ccc(C#N)cc1. The topological polar surface area (TPSA) is 69.3 Å². The molecule has 2 fully saturated rings. The van der Waals surface area contributed by atoms with E-state index in [0.29, 0.717) is 23.2 Å². The number of benzene rings is 1. The van der Waals surface area contributed by atoms with Crippen molar-refractivity contribution in [2.45, 2.75) is 57.0 Å². The molecule has 2 unspecified atom stereocenters. The van der Waals surface area contributed by atoms with Crippen LogP contribution in [-0.4, -0.2) is 50.8 Å². The fourth-order valence-corrected chi connectivity index (χ4v) is 5.09. The van der Waals surface area contributed by atoms with E-state index in [9.17, 15) is 23.1 Å². The number of Topliss-reactive ketones (excluding diaryl/α,β-unsaturated/α-hetero) is 1. The van der Waals surface area contributed by atoms with Gasteiger partial charge in [-0.25, -0.2) is 0 Å². The van der Waals surface area contributed by atoms with E-state index >= 15 is 0 Å². The summed E-state index contributed by atoms with van der Waals surface area (Å²) in [4.78, 5) is 14.6. The number of halogens is 3. The number of nitrogens with zero attached hydrogens (tertiary/aromatic N) is 3. The first kappa shape index (κ1) is 20.6. The Hall–Kier alpha value is -2.63. The number of ketones is 1. The van der Waals surface area contributed by atoms with Crippen molar-refractivity contribution in [3.05, 3.63) is 52.8 Å². The summed E-state index contributed by atoms with van der Waals surface area (Å²) >= 11 is 0. The molecule has 1 aromatic heterocycles. The number of carbonyl (C=O) groups excluding carboxylic acids is 1. The van der Waals surface area contributed by atoms with Gasteiger partial charge in [-0.2, -0.15) is 18.4 Å². The molecule has 0 aliphatic carbocycles. The van der Waals surface area contributed by atoms with Gasteiger partial charge in [0.05, 0.1) is 18.2 Å². The van der Waals surface area contributed by atoms with Crippen LogP contribution < -0.4 is 0 Å². The summed E-state index contributed by atoms with van der Waals surface area (Å²) < 4.78 is 42.1. The third kappa shape index (κ3) is 3.04. The fourth-order valence-electron chi connectivity index (χ4n) is 5.09. The van der Waals surface area contributed by atoms with Crippen molar-refractivity contribution in [1.29, 1.82) is 5.26 Å². The lowest BCUT2D eigenvalue weighted by Crippen LogP contribution is -2.54. The number of alkyl halides is 3. The number of hydrogen-bond acceptors (Lipinski definition) is 4. The Morgan fingerprint density at radius 3 is 2.50 bits per heavy atom. The second kappa shape index (κ2) is 6.96. The molecule has 2 aromatic rings. The molecule has 2 aliphatic heterocycles. The molecule has 3 atom stereocenters. The Morgan fingerprint density at radius 1 is 1.27 bits per heavy atom. The number of nitriles is 1. The third-order valence-corrected chi connectivity index (χ3v) is 6.54. The number of rotatable bonds is 4. The average Bonchev–Trinajstić information content (AvgIpc) is 3.30. The zero-order valence-corrected chi connectivity index (χ0v) is 16.7. The Labute approximate surface area is 172 Å². The van der Waals surface area contributed by atoms with Gasteiger partial charge in [-0.1, -0.05) is 0 Å². The Kier molecular flexibility index (Phi) is 4.79. The quantitative estimate of drug-likeness (QED) is 0.771. The number of aromatic nitrogens is 1. The summed E-state index contributed by atoms with van der Waals surface area (Å²) in [5.41, 5.74) is 0.556. The standard InChI is InChI=1S/C22H22F3N3O2/c1-13-9-18(14(2)28(13)16-5-3-15(11-26)4-6-16)19(29)12-27-17-7-8-20(27)21(30,10-17)22(23,24)25/h3-6,9,17,20,30H,7-8,10,12H2,1-2H3/t17?,20?,21-/m0/s1. The number of fused-ring (bicyclic) bond motifs is 2. The lowest BCUT2D eigenvalue weighted by Gasteiger charge is -2.34. The van der Waals surface area contributed by atoms with Gasteiger partial charge in [-0.05, 0) is 57.0 Å². The van der Waals surface area contributed by atoms with E-state index in [0.717, 1.165) is 11.4 Å². The molecule has 0 amide bonds. The third-order valence-electron chi connectivity index (χ3n) is 6.54. The van der Waals surface area contributed by atoms with Crippen molar-refractivity contribution < 1.29 is 23.1 Å². The molecule has 30 heavy (non-hydrogen) atoms. The second-order valence-electron chi connectivity index (χ2n) is 8.25. The molecule has 3 heterocycles. The van der Waals surface area contributed by atoms with Crippen LogP contribution in [0.25, 0.3) is 5.69 Å². The molecule has 1 N–H and O–H groups in total. The van der Waals surface area contributed by atoms with Crippen molar-refractivity contribution in [3.63, 3.8) is 0 Å². The van der Waals surface area contributed by atoms with Crippen LogP contribution in [0.3, 0.4) is 0 Å². The van der Waals surface area contributed by atoms with Gasteiger partial charge in [0.2, 0.25) is 0 Å². The van der Waals surface area contributed by atoms with Gasteiger partial charge in [0, 0.05) is 41.1 Å². The fraction of sp³-hybridized carbons (Fsp3) is 0.455. The highest BCUT2D eigenvalue weighted by atomic mass is 19.4. The number of aliphatic hydroxyl groups is 1. The minimum atomic E-state index is -4.71. The van der Waals surface area contributed by atoms with E-state index < -0.39 is 23.9 Å². The van der Waals surface area contributed by atoms with Crippen LogP contribution in [0.4, 0.5) is 13.2 Å². The molecule has 0 spiro atoms. The number of aryl methyl sites for hydroxylation is 1. The number of hydrogen-bond donors (Lipinski definition) is 1. The zero-order valence-electron chi connectivity index (χ0n) is 16.7. The largest absolute Gasteiger partial charge is 0.418 e. The summed E-state index contributed by atoms with van der Waals surface area (Å²) in [6, 6.07) is 9.25. The predicted octanol–water partition coefficient (Wildman–Crippen LogP) is 3.68. The average molecular weight is 417 g/mol. The van der Waals surface area contributed by atoms with Crippen LogP contribution >= 0.6 is 0 Å². The molecule has 158 valence electrons. The van der Waals surface area contributed by atoms with E-state index in [1.807, 2.05) is 11.5 Å². The Balaban J connectivity index is 1.59. The van der Waals surface area contributed by atoms with Gasteiger partial charge in [0.25, 0.3) is 0 Å². The van der Waals surface area contributed by atoms with E-state index in [-0.39, 0.29) is 25.2 Å². The van der Waals surface area contributed by atoms with Crippen LogP contribution in [-0.2, 0) is 0 Å². The minimum Gasteiger partial charge on any atom is -0.379 e. The summed E-state index contributed by atoms with van der Waals surface area (Å²) in [7, 11) is 0. The molecule has 5 nitrogen and oxygen atoms in total. The van der Waals surface area contributed by atoms with Gasteiger partial charge in [-0.3, -0.25) is 9.69 Å². The number of carbonyl (C=O) groups is 1. The van der Waals surface area contributed by atoms with E-state index in [1.165, 1.54) is 4.90 Å². The maximum Gasteiger partial charge on any atom is 0.418 e. The molecule has 2 bridgehead atoms. The molecule has 2 saturated heterocycles. The van der Waals surface area contributed by atoms with Crippen molar-refractivity contribution in [2.24, 2.45) is 0 Å². The van der Waals surface area contributed by atoms with Crippen LogP contribution in [0.5, 0.6) is 0 Å². The summed E-state index contributed by atoms with van der Waals surface area (Å²) in [6.45, 7) is 3.50. The van der Waals surface area contributed by atoms with Gasteiger partial charge < -0.3 is 9.67 Å². The maximum atomic E-state index is 13.4. The molecule has 0 radical (unpaired) electrons. The molecule has 1 aromatic carbocycles. The van der Waals surface area contributed by atoms with Crippen molar-refractivity contribution in [2.75, 3.05) is 6.54 Å². The van der Waals surface area contributed by atoms with Gasteiger partial charge in [-0.15, -0.1) is 0 Å².